The molecule has 5 nitrogen and oxygen atoms in total. The summed E-state index contributed by atoms with van der Waals surface area (Å²) >= 11 is 0. The van der Waals surface area contributed by atoms with Gasteiger partial charge in [-0.1, -0.05) is 6.92 Å². The van der Waals surface area contributed by atoms with Crippen LogP contribution in [0.4, 0.5) is 13.2 Å². The summed E-state index contributed by atoms with van der Waals surface area (Å²) in [6, 6.07) is 2.86. The van der Waals surface area contributed by atoms with Gasteiger partial charge in [-0.2, -0.15) is 13.2 Å². The van der Waals surface area contributed by atoms with Gasteiger partial charge in [-0.15, -0.1) is 0 Å². The van der Waals surface area contributed by atoms with Gasteiger partial charge in [0.25, 0.3) is 11.1 Å². The van der Waals surface area contributed by atoms with Gasteiger partial charge in [0.05, 0.1) is 12.1 Å². The molecular weight excluding hydrogens is 287 g/mol. The van der Waals surface area contributed by atoms with E-state index in [-0.39, 0.29) is 12.4 Å². The summed E-state index contributed by atoms with van der Waals surface area (Å²) in [7, 11) is 0. The highest BCUT2D eigenvalue weighted by Crippen LogP contribution is 2.28. The number of aryl methyl sites for hydroxylation is 1. The van der Waals surface area contributed by atoms with Gasteiger partial charge in [-0.3, -0.25) is 9.59 Å². The molecule has 0 saturated carbocycles. The lowest BCUT2D eigenvalue weighted by atomic mass is 10.2. The number of nitrogens with zero attached hydrogens (tertiary/aromatic N) is 2. The summed E-state index contributed by atoms with van der Waals surface area (Å²) in [4.78, 5) is 29.5. The van der Waals surface area contributed by atoms with Crippen LogP contribution >= 0.6 is 0 Å². The van der Waals surface area contributed by atoms with E-state index in [4.69, 9.17) is 0 Å². The molecule has 2 aromatic rings. The highest BCUT2D eigenvalue weighted by molar-refractivity contribution is 5.14. The van der Waals surface area contributed by atoms with Crippen LogP contribution in [0.5, 0.6) is 0 Å². The number of aromatic nitrogens is 3. The minimum atomic E-state index is -4.54. The van der Waals surface area contributed by atoms with Crippen molar-refractivity contribution in [2.45, 2.75) is 26.1 Å². The lowest BCUT2D eigenvalue weighted by Crippen LogP contribution is -2.24. The standard InChI is InChI=1S/C13H12F3N3O2/c1-2-9-5-11(20)18-10(17-9)7-19-6-8(13(14,15)16)3-4-12(19)21/h3-6H,2,7H2,1H3,(H,17,18,20). The van der Waals surface area contributed by atoms with Gasteiger partial charge in [0.1, 0.15) is 5.82 Å². The van der Waals surface area contributed by atoms with E-state index in [2.05, 4.69) is 9.97 Å². The Balaban J connectivity index is 2.42. The third-order valence-corrected chi connectivity index (χ3v) is 2.84. The van der Waals surface area contributed by atoms with E-state index in [1.165, 1.54) is 6.07 Å². The topological polar surface area (TPSA) is 67.8 Å². The van der Waals surface area contributed by atoms with E-state index in [0.29, 0.717) is 18.3 Å². The van der Waals surface area contributed by atoms with Crippen molar-refractivity contribution in [3.8, 4) is 0 Å². The Hall–Kier alpha value is -2.38. The largest absolute Gasteiger partial charge is 0.417 e. The first-order chi connectivity index (χ1) is 9.79. The average molecular weight is 299 g/mol. The first-order valence-electron chi connectivity index (χ1n) is 6.16. The van der Waals surface area contributed by atoms with Crippen LogP contribution in [0.15, 0.2) is 34.0 Å². The molecule has 0 spiro atoms. The highest BCUT2D eigenvalue weighted by atomic mass is 19.4. The Labute approximate surface area is 117 Å². The van der Waals surface area contributed by atoms with E-state index in [9.17, 15) is 22.8 Å². The summed E-state index contributed by atoms with van der Waals surface area (Å²) in [6.07, 6.45) is -3.32. The zero-order chi connectivity index (χ0) is 15.6. The zero-order valence-corrected chi connectivity index (χ0v) is 11.1. The quantitative estimate of drug-likeness (QED) is 0.935. The van der Waals surface area contributed by atoms with E-state index in [1.807, 2.05) is 0 Å². The van der Waals surface area contributed by atoms with E-state index in [1.54, 1.807) is 6.92 Å². The molecule has 112 valence electrons. The molecule has 1 N–H and O–H groups in total. The first-order valence-corrected chi connectivity index (χ1v) is 6.16. The number of hydrogen-bond acceptors (Lipinski definition) is 3. The van der Waals surface area contributed by atoms with Crippen LogP contribution in [0.3, 0.4) is 0 Å². The van der Waals surface area contributed by atoms with Gasteiger partial charge < -0.3 is 9.55 Å². The number of alkyl halides is 3. The molecule has 0 aliphatic heterocycles. The van der Waals surface area contributed by atoms with Gasteiger partial charge in [-0.05, 0) is 12.5 Å². The fraction of sp³-hybridized carbons (Fsp3) is 0.308. The third-order valence-electron chi connectivity index (χ3n) is 2.84. The van der Waals surface area contributed by atoms with Gasteiger partial charge in [0.15, 0.2) is 0 Å². The average Bonchev–Trinajstić information content (AvgIpc) is 2.39. The number of rotatable bonds is 3. The van der Waals surface area contributed by atoms with Crippen LogP contribution in [0.25, 0.3) is 0 Å². The number of hydrogen-bond donors (Lipinski definition) is 1. The number of aromatic amines is 1. The van der Waals surface area contributed by atoms with E-state index >= 15 is 0 Å². The summed E-state index contributed by atoms with van der Waals surface area (Å²) in [5, 5.41) is 0. The molecule has 0 bridgehead atoms. The molecule has 0 fully saturated rings. The Bertz CT molecular complexity index is 762. The normalized spacial score (nSPS) is 11.6. The van der Waals surface area contributed by atoms with E-state index in [0.717, 1.165) is 16.7 Å². The maximum absolute atomic E-state index is 12.6. The minimum absolute atomic E-state index is 0.140. The molecule has 0 aromatic carbocycles. The van der Waals surface area contributed by atoms with Gasteiger partial charge in [0.2, 0.25) is 0 Å². The Morgan fingerprint density at radius 1 is 1.29 bits per heavy atom. The maximum atomic E-state index is 12.6. The third kappa shape index (κ3) is 3.59. The van der Waals surface area contributed by atoms with Crippen LogP contribution in [0.2, 0.25) is 0 Å². The summed E-state index contributed by atoms with van der Waals surface area (Å²) in [5.74, 6) is 0.140. The van der Waals surface area contributed by atoms with Crippen LogP contribution in [0, 0.1) is 0 Å². The second-order valence-electron chi connectivity index (χ2n) is 4.42. The molecule has 8 heteroatoms. The van der Waals surface area contributed by atoms with E-state index < -0.39 is 22.9 Å². The molecule has 0 aliphatic carbocycles. The molecular formula is C13H12F3N3O2. The Kier molecular flexibility index (Phi) is 3.97. The first kappa shape index (κ1) is 15.0. The molecule has 2 aromatic heterocycles. The molecule has 0 unspecified atom stereocenters. The summed E-state index contributed by atoms with van der Waals surface area (Å²) in [6.45, 7) is 1.56. The fourth-order valence-corrected chi connectivity index (χ4v) is 1.80. The van der Waals surface area contributed by atoms with Crippen molar-refractivity contribution in [3.05, 3.63) is 62.2 Å². The summed E-state index contributed by atoms with van der Waals surface area (Å²) < 4.78 is 38.8. The molecule has 0 saturated heterocycles. The number of halogens is 3. The molecule has 0 radical (unpaired) electrons. The number of pyridine rings is 1. The van der Waals surface area contributed by atoms with Gasteiger partial charge >= 0.3 is 6.18 Å². The lowest BCUT2D eigenvalue weighted by molar-refractivity contribution is -0.138. The van der Waals surface area contributed by atoms with Crippen LogP contribution in [0.1, 0.15) is 24.0 Å². The fourth-order valence-electron chi connectivity index (χ4n) is 1.80. The SMILES string of the molecule is CCc1cc(=O)[nH]c(Cn2cc(C(F)(F)F)ccc2=O)n1. The molecule has 0 aliphatic rings. The number of H-pyrrole nitrogens is 1. The van der Waals surface area contributed by atoms with Crippen molar-refractivity contribution in [3.63, 3.8) is 0 Å². The zero-order valence-electron chi connectivity index (χ0n) is 11.1. The van der Waals surface area contributed by atoms with Crippen LogP contribution < -0.4 is 11.1 Å². The molecule has 2 heterocycles. The molecule has 0 atom stereocenters. The lowest BCUT2D eigenvalue weighted by Gasteiger charge is -2.10. The summed E-state index contributed by atoms with van der Waals surface area (Å²) in [5.41, 5.74) is -1.44. The smallest absolute Gasteiger partial charge is 0.309 e. The maximum Gasteiger partial charge on any atom is 0.417 e. The minimum Gasteiger partial charge on any atom is -0.309 e. The van der Waals surface area contributed by atoms with Gasteiger partial charge in [0, 0.05) is 24.0 Å². The second kappa shape index (κ2) is 5.55. The van der Waals surface area contributed by atoms with Crippen LogP contribution in [-0.2, 0) is 19.1 Å². The highest BCUT2D eigenvalue weighted by Gasteiger charge is 2.31. The predicted octanol–water partition coefficient (Wildman–Crippen LogP) is 1.56. The van der Waals surface area contributed by atoms with Crippen molar-refractivity contribution >= 4 is 0 Å². The number of nitrogens with one attached hydrogen (secondary N) is 1. The molecule has 2 rings (SSSR count). The van der Waals surface area contributed by atoms with Crippen LogP contribution in [-0.4, -0.2) is 14.5 Å². The van der Waals surface area contributed by atoms with Crippen molar-refractivity contribution in [2.24, 2.45) is 0 Å². The Morgan fingerprint density at radius 3 is 2.62 bits per heavy atom. The van der Waals surface area contributed by atoms with Crippen molar-refractivity contribution in [2.75, 3.05) is 0 Å². The Morgan fingerprint density at radius 2 is 2.00 bits per heavy atom. The van der Waals surface area contributed by atoms with Crippen molar-refractivity contribution in [1.29, 1.82) is 0 Å². The van der Waals surface area contributed by atoms with Gasteiger partial charge in [-0.25, -0.2) is 4.98 Å². The second-order valence-corrected chi connectivity index (χ2v) is 4.42. The van der Waals surface area contributed by atoms with Crippen molar-refractivity contribution in [1.82, 2.24) is 14.5 Å². The monoisotopic (exact) mass is 299 g/mol. The molecule has 21 heavy (non-hydrogen) atoms. The van der Waals surface area contributed by atoms with Crippen molar-refractivity contribution < 1.29 is 13.2 Å². The predicted molar refractivity (Wildman–Crippen MR) is 69.0 cm³/mol. The molecule has 0 amide bonds.